The summed E-state index contributed by atoms with van der Waals surface area (Å²) in [5, 5.41) is 12.3. The van der Waals surface area contributed by atoms with E-state index in [0.717, 1.165) is 6.42 Å². The van der Waals surface area contributed by atoms with Gasteiger partial charge >= 0.3 is 0 Å². The van der Waals surface area contributed by atoms with Gasteiger partial charge in [0, 0.05) is 11.8 Å². The van der Waals surface area contributed by atoms with Crippen LogP contribution in [0.25, 0.3) is 0 Å². The minimum absolute atomic E-state index is 0.0209. The number of hydrogen-bond acceptors (Lipinski definition) is 4. The van der Waals surface area contributed by atoms with Crippen LogP contribution in [0.4, 0.5) is 5.69 Å². The molecule has 100 valence electrons. The van der Waals surface area contributed by atoms with Crippen molar-refractivity contribution in [3.05, 3.63) is 18.2 Å². The predicted octanol–water partition coefficient (Wildman–Crippen LogP) is 1.71. The van der Waals surface area contributed by atoms with Gasteiger partial charge in [-0.1, -0.05) is 20.3 Å². The maximum absolute atomic E-state index is 11.8. The van der Waals surface area contributed by atoms with Crippen molar-refractivity contribution in [2.45, 2.75) is 26.3 Å². The van der Waals surface area contributed by atoms with Crippen LogP contribution in [0.2, 0.25) is 0 Å². The second-order valence-electron chi connectivity index (χ2n) is 4.29. The molecule has 0 aliphatic heterocycles. The van der Waals surface area contributed by atoms with E-state index < -0.39 is 6.04 Å². The van der Waals surface area contributed by atoms with Crippen molar-refractivity contribution < 1.29 is 14.6 Å². The average molecular weight is 252 g/mol. The Morgan fingerprint density at radius 3 is 2.72 bits per heavy atom. The zero-order chi connectivity index (χ0) is 13.7. The molecule has 0 aliphatic carbocycles. The Labute approximate surface area is 107 Å². The number of carbonyl (C=O) groups excluding carboxylic acids is 1. The van der Waals surface area contributed by atoms with E-state index in [1.54, 1.807) is 12.1 Å². The Balaban J connectivity index is 2.73. The Bertz CT molecular complexity index is 421. The van der Waals surface area contributed by atoms with Gasteiger partial charge in [0.1, 0.15) is 0 Å². The fourth-order valence-corrected chi connectivity index (χ4v) is 1.51. The van der Waals surface area contributed by atoms with Crippen LogP contribution >= 0.6 is 0 Å². The molecule has 0 spiro atoms. The number of anilines is 1. The maximum atomic E-state index is 11.8. The summed E-state index contributed by atoms with van der Waals surface area (Å²) in [5.41, 5.74) is 6.31. The van der Waals surface area contributed by atoms with Gasteiger partial charge in [-0.15, -0.1) is 0 Å². The molecular weight excluding hydrogens is 232 g/mol. The molecule has 2 atom stereocenters. The van der Waals surface area contributed by atoms with Crippen molar-refractivity contribution in [3.8, 4) is 11.5 Å². The largest absolute Gasteiger partial charge is 0.504 e. The summed E-state index contributed by atoms with van der Waals surface area (Å²) >= 11 is 0. The lowest BCUT2D eigenvalue weighted by atomic mass is 9.99. The van der Waals surface area contributed by atoms with Crippen LogP contribution < -0.4 is 15.8 Å². The van der Waals surface area contributed by atoms with Crippen molar-refractivity contribution in [1.82, 2.24) is 0 Å². The average Bonchev–Trinajstić information content (AvgIpc) is 2.37. The fourth-order valence-electron chi connectivity index (χ4n) is 1.51. The van der Waals surface area contributed by atoms with Gasteiger partial charge in [-0.2, -0.15) is 0 Å². The topological polar surface area (TPSA) is 84.6 Å². The SMILES string of the molecule is CC[C@H](C)[C@H](N)C(=O)Nc1ccc(OC)c(O)c1. The van der Waals surface area contributed by atoms with E-state index in [1.165, 1.54) is 13.2 Å². The van der Waals surface area contributed by atoms with Crippen LogP contribution in [0, 0.1) is 5.92 Å². The molecule has 18 heavy (non-hydrogen) atoms. The van der Waals surface area contributed by atoms with Gasteiger partial charge in [0.25, 0.3) is 0 Å². The van der Waals surface area contributed by atoms with E-state index in [2.05, 4.69) is 5.32 Å². The number of phenols is 1. The number of phenolic OH excluding ortho intramolecular Hbond substituents is 1. The Morgan fingerprint density at radius 1 is 1.56 bits per heavy atom. The van der Waals surface area contributed by atoms with Crippen LogP contribution in [0.3, 0.4) is 0 Å². The smallest absolute Gasteiger partial charge is 0.241 e. The Hall–Kier alpha value is -1.75. The Kier molecular flexibility index (Phi) is 4.97. The second kappa shape index (κ2) is 6.26. The zero-order valence-corrected chi connectivity index (χ0v) is 10.9. The lowest BCUT2D eigenvalue weighted by Gasteiger charge is -2.18. The zero-order valence-electron chi connectivity index (χ0n) is 10.9. The maximum Gasteiger partial charge on any atom is 0.241 e. The third-order valence-corrected chi connectivity index (χ3v) is 3.01. The molecule has 4 N–H and O–H groups in total. The first-order chi connectivity index (χ1) is 8.49. The van der Waals surface area contributed by atoms with Crippen molar-refractivity contribution in [2.24, 2.45) is 11.7 Å². The monoisotopic (exact) mass is 252 g/mol. The van der Waals surface area contributed by atoms with E-state index in [0.29, 0.717) is 11.4 Å². The molecule has 0 saturated heterocycles. The molecule has 0 bridgehead atoms. The lowest BCUT2D eigenvalue weighted by Crippen LogP contribution is -2.40. The third-order valence-electron chi connectivity index (χ3n) is 3.01. The highest BCUT2D eigenvalue weighted by molar-refractivity contribution is 5.95. The van der Waals surface area contributed by atoms with Crippen molar-refractivity contribution in [2.75, 3.05) is 12.4 Å². The van der Waals surface area contributed by atoms with Crippen LogP contribution in [0.1, 0.15) is 20.3 Å². The normalized spacial score (nSPS) is 13.8. The number of nitrogens with two attached hydrogens (primary N) is 1. The highest BCUT2D eigenvalue weighted by Crippen LogP contribution is 2.28. The summed E-state index contributed by atoms with van der Waals surface area (Å²) in [4.78, 5) is 11.8. The molecule has 1 rings (SSSR count). The summed E-state index contributed by atoms with van der Waals surface area (Å²) in [5.74, 6) is 0.192. The summed E-state index contributed by atoms with van der Waals surface area (Å²) in [6.45, 7) is 3.91. The highest BCUT2D eigenvalue weighted by atomic mass is 16.5. The first kappa shape index (κ1) is 14.3. The first-order valence-corrected chi connectivity index (χ1v) is 5.93. The van der Waals surface area contributed by atoms with E-state index >= 15 is 0 Å². The number of aromatic hydroxyl groups is 1. The number of amides is 1. The summed E-state index contributed by atoms with van der Waals surface area (Å²) in [6.07, 6.45) is 0.836. The molecule has 0 saturated carbocycles. The molecule has 0 radical (unpaired) electrons. The molecule has 1 aromatic carbocycles. The van der Waals surface area contributed by atoms with Gasteiger partial charge < -0.3 is 20.9 Å². The van der Waals surface area contributed by atoms with Crippen LogP contribution in [0.15, 0.2) is 18.2 Å². The molecule has 5 nitrogen and oxygen atoms in total. The van der Waals surface area contributed by atoms with Crippen LogP contribution in [-0.2, 0) is 4.79 Å². The van der Waals surface area contributed by atoms with E-state index in [4.69, 9.17) is 10.5 Å². The molecule has 0 heterocycles. The van der Waals surface area contributed by atoms with Crippen molar-refractivity contribution in [1.29, 1.82) is 0 Å². The molecular formula is C13H20N2O3. The number of ether oxygens (including phenoxy) is 1. The van der Waals surface area contributed by atoms with E-state index in [1.807, 2.05) is 13.8 Å². The molecule has 0 aliphatic rings. The second-order valence-corrected chi connectivity index (χ2v) is 4.29. The molecule has 1 aromatic rings. The van der Waals surface area contributed by atoms with Gasteiger partial charge in [-0.3, -0.25) is 4.79 Å². The molecule has 0 aromatic heterocycles. The predicted molar refractivity (Wildman–Crippen MR) is 70.7 cm³/mol. The van der Waals surface area contributed by atoms with E-state index in [9.17, 15) is 9.90 Å². The highest BCUT2D eigenvalue weighted by Gasteiger charge is 2.19. The summed E-state index contributed by atoms with van der Waals surface area (Å²) in [6, 6.07) is 4.11. The van der Waals surface area contributed by atoms with Gasteiger partial charge in [-0.25, -0.2) is 0 Å². The number of nitrogens with one attached hydrogen (secondary N) is 1. The molecule has 0 unspecified atom stereocenters. The van der Waals surface area contributed by atoms with Gasteiger partial charge in [0.05, 0.1) is 13.2 Å². The van der Waals surface area contributed by atoms with Gasteiger partial charge in [-0.05, 0) is 18.1 Å². The Morgan fingerprint density at radius 2 is 2.22 bits per heavy atom. The van der Waals surface area contributed by atoms with Gasteiger partial charge in [0.15, 0.2) is 11.5 Å². The summed E-state index contributed by atoms with van der Waals surface area (Å²) in [7, 11) is 1.46. The summed E-state index contributed by atoms with van der Waals surface area (Å²) < 4.78 is 4.92. The third kappa shape index (κ3) is 3.37. The number of carbonyl (C=O) groups is 1. The molecule has 1 amide bonds. The molecule has 0 fully saturated rings. The van der Waals surface area contributed by atoms with E-state index in [-0.39, 0.29) is 17.6 Å². The minimum Gasteiger partial charge on any atom is -0.504 e. The molecule has 5 heteroatoms. The number of methoxy groups -OCH3 is 1. The van der Waals surface area contributed by atoms with Crippen LogP contribution in [0.5, 0.6) is 11.5 Å². The fraction of sp³-hybridized carbons (Fsp3) is 0.462. The van der Waals surface area contributed by atoms with Crippen molar-refractivity contribution >= 4 is 11.6 Å². The lowest BCUT2D eigenvalue weighted by molar-refractivity contribution is -0.118. The van der Waals surface area contributed by atoms with Crippen LogP contribution in [-0.4, -0.2) is 24.2 Å². The number of benzene rings is 1. The number of hydrogen-bond donors (Lipinski definition) is 3. The quantitative estimate of drug-likeness (QED) is 0.744. The minimum atomic E-state index is -0.556. The first-order valence-electron chi connectivity index (χ1n) is 5.93. The number of rotatable bonds is 5. The van der Waals surface area contributed by atoms with Gasteiger partial charge in [0.2, 0.25) is 5.91 Å². The van der Waals surface area contributed by atoms with Crippen molar-refractivity contribution in [3.63, 3.8) is 0 Å². The standard InChI is InChI=1S/C13H20N2O3/c1-4-8(2)12(14)13(17)15-9-5-6-11(18-3)10(16)7-9/h5-8,12,16H,4,14H2,1-3H3,(H,15,17)/t8-,12-/m0/s1.